The summed E-state index contributed by atoms with van der Waals surface area (Å²) in [6, 6.07) is 5.30. The number of rotatable bonds is 2. The van der Waals surface area contributed by atoms with Gasteiger partial charge in [-0.05, 0) is 26.0 Å². The predicted octanol–water partition coefficient (Wildman–Crippen LogP) is 3.69. The van der Waals surface area contributed by atoms with Crippen LogP contribution in [-0.2, 0) is 0 Å². The van der Waals surface area contributed by atoms with Crippen LogP contribution in [0.5, 0.6) is 0 Å². The molecular weight excluding hydrogens is 259 g/mol. The molecule has 3 nitrogen and oxygen atoms in total. The third-order valence-corrected chi connectivity index (χ3v) is 3.36. The van der Waals surface area contributed by atoms with Gasteiger partial charge in [0.25, 0.3) is 0 Å². The zero-order chi connectivity index (χ0) is 12.6. The highest BCUT2D eigenvalue weighted by atomic mass is 35.5. The number of benzene rings is 1. The van der Waals surface area contributed by atoms with Gasteiger partial charge in [0, 0.05) is 0 Å². The second-order valence-corrected chi connectivity index (χ2v) is 4.47. The van der Waals surface area contributed by atoms with Gasteiger partial charge in [-0.15, -0.1) is 0 Å². The van der Waals surface area contributed by atoms with Crippen molar-refractivity contribution in [3.8, 4) is 5.69 Å². The Hall–Kier alpha value is -1.32. The van der Waals surface area contributed by atoms with E-state index in [2.05, 4.69) is 5.10 Å². The summed E-state index contributed by atoms with van der Waals surface area (Å²) < 4.78 is 1.62. The predicted molar refractivity (Wildman–Crippen MR) is 68.3 cm³/mol. The third-order valence-electron chi connectivity index (χ3n) is 2.55. The van der Waals surface area contributed by atoms with Crippen LogP contribution in [0.3, 0.4) is 0 Å². The van der Waals surface area contributed by atoms with Crippen molar-refractivity contribution in [3.63, 3.8) is 0 Å². The van der Waals surface area contributed by atoms with Crippen LogP contribution in [0.25, 0.3) is 5.69 Å². The smallest absolute Gasteiger partial charge is 0.163 e. The fraction of sp³-hybridized carbons (Fsp3) is 0.167. The number of aromatic nitrogens is 2. The molecule has 88 valence electrons. The van der Waals surface area contributed by atoms with E-state index in [-0.39, 0.29) is 5.78 Å². The van der Waals surface area contributed by atoms with Crippen LogP contribution in [-0.4, -0.2) is 15.6 Å². The number of ketones is 1. The SMILES string of the molecule is CC(=O)c1cnn(-c2cccc(Cl)c2Cl)c1C. The van der Waals surface area contributed by atoms with Crippen LogP contribution in [0.2, 0.25) is 10.0 Å². The molecule has 17 heavy (non-hydrogen) atoms. The Labute approximate surface area is 109 Å². The highest BCUT2D eigenvalue weighted by molar-refractivity contribution is 6.43. The maximum Gasteiger partial charge on any atom is 0.163 e. The van der Waals surface area contributed by atoms with E-state index in [4.69, 9.17) is 23.2 Å². The fourth-order valence-corrected chi connectivity index (χ4v) is 2.03. The molecule has 2 aromatic rings. The molecule has 1 aromatic heterocycles. The molecule has 0 saturated carbocycles. The van der Waals surface area contributed by atoms with Crippen LogP contribution < -0.4 is 0 Å². The number of carbonyl (C=O) groups is 1. The first-order valence-electron chi connectivity index (χ1n) is 5.02. The Morgan fingerprint density at radius 3 is 2.65 bits per heavy atom. The van der Waals surface area contributed by atoms with Crippen molar-refractivity contribution in [2.24, 2.45) is 0 Å². The van der Waals surface area contributed by atoms with Gasteiger partial charge in [0.05, 0.1) is 33.2 Å². The first-order valence-corrected chi connectivity index (χ1v) is 5.78. The summed E-state index contributed by atoms with van der Waals surface area (Å²) in [4.78, 5) is 11.4. The number of nitrogens with zero attached hydrogens (tertiary/aromatic N) is 2. The maximum absolute atomic E-state index is 11.4. The molecule has 0 N–H and O–H groups in total. The Bertz CT molecular complexity index is 590. The fourth-order valence-electron chi connectivity index (χ4n) is 1.65. The molecule has 1 aromatic carbocycles. The second-order valence-electron chi connectivity index (χ2n) is 3.68. The van der Waals surface area contributed by atoms with Crippen molar-refractivity contribution < 1.29 is 4.79 Å². The standard InChI is InChI=1S/C12H10Cl2N2O/c1-7-9(8(2)17)6-15-16(7)11-5-3-4-10(13)12(11)14/h3-6H,1-2H3. The minimum atomic E-state index is -0.0214. The van der Waals surface area contributed by atoms with Gasteiger partial charge < -0.3 is 0 Å². The second kappa shape index (κ2) is 4.51. The summed E-state index contributed by atoms with van der Waals surface area (Å²) in [5.41, 5.74) is 2.01. The zero-order valence-electron chi connectivity index (χ0n) is 9.37. The number of hydrogen-bond donors (Lipinski definition) is 0. The Balaban J connectivity index is 2.62. The van der Waals surface area contributed by atoms with Gasteiger partial charge in [-0.25, -0.2) is 4.68 Å². The first-order chi connectivity index (χ1) is 8.02. The highest BCUT2D eigenvalue weighted by Gasteiger charge is 2.14. The lowest BCUT2D eigenvalue weighted by Crippen LogP contribution is -2.02. The summed E-state index contributed by atoms with van der Waals surface area (Å²) in [6.45, 7) is 3.33. The lowest BCUT2D eigenvalue weighted by molar-refractivity contribution is 0.101. The largest absolute Gasteiger partial charge is 0.294 e. The first kappa shape index (κ1) is 12.1. The molecule has 0 unspecified atom stereocenters. The monoisotopic (exact) mass is 268 g/mol. The minimum Gasteiger partial charge on any atom is -0.294 e. The average Bonchev–Trinajstić information content (AvgIpc) is 2.64. The molecule has 0 aliphatic rings. The van der Waals surface area contributed by atoms with Crippen molar-refractivity contribution in [1.82, 2.24) is 9.78 Å². The molecule has 0 amide bonds. The molecule has 0 atom stereocenters. The van der Waals surface area contributed by atoms with E-state index in [9.17, 15) is 4.79 Å². The van der Waals surface area contributed by atoms with Crippen molar-refractivity contribution in [3.05, 3.63) is 45.7 Å². The van der Waals surface area contributed by atoms with Crippen LogP contribution in [0.1, 0.15) is 23.0 Å². The topological polar surface area (TPSA) is 34.9 Å². The van der Waals surface area contributed by atoms with Crippen molar-refractivity contribution in [2.45, 2.75) is 13.8 Å². The molecule has 0 saturated heterocycles. The van der Waals surface area contributed by atoms with Crippen molar-refractivity contribution in [1.29, 1.82) is 0 Å². The van der Waals surface area contributed by atoms with Crippen LogP contribution in [0.15, 0.2) is 24.4 Å². The molecule has 0 fully saturated rings. The molecule has 0 radical (unpaired) electrons. The number of Topliss-reactive ketones (excluding diaryl/α,β-unsaturated/α-hetero) is 1. The van der Waals surface area contributed by atoms with E-state index in [1.54, 1.807) is 22.9 Å². The highest BCUT2D eigenvalue weighted by Crippen LogP contribution is 2.29. The van der Waals surface area contributed by atoms with E-state index >= 15 is 0 Å². The Morgan fingerprint density at radius 1 is 1.35 bits per heavy atom. The van der Waals surface area contributed by atoms with Crippen LogP contribution >= 0.6 is 23.2 Å². The van der Waals surface area contributed by atoms with E-state index in [1.807, 2.05) is 6.92 Å². The van der Waals surface area contributed by atoms with Gasteiger partial charge in [0.15, 0.2) is 5.78 Å². The lowest BCUT2D eigenvalue weighted by atomic mass is 10.2. The lowest BCUT2D eigenvalue weighted by Gasteiger charge is -2.08. The average molecular weight is 269 g/mol. The quantitative estimate of drug-likeness (QED) is 0.779. The molecular formula is C12H10Cl2N2O. The molecule has 2 rings (SSSR count). The third kappa shape index (κ3) is 2.08. The maximum atomic E-state index is 11.4. The number of carbonyl (C=O) groups excluding carboxylic acids is 1. The minimum absolute atomic E-state index is 0.0214. The summed E-state index contributed by atoms with van der Waals surface area (Å²) >= 11 is 12.1. The molecule has 0 aliphatic heterocycles. The molecule has 0 bridgehead atoms. The zero-order valence-corrected chi connectivity index (χ0v) is 10.9. The van der Waals surface area contributed by atoms with E-state index < -0.39 is 0 Å². The number of hydrogen-bond acceptors (Lipinski definition) is 2. The molecule has 0 aliphatic carbocycles. The van der Waals surface area contributed by atoms with Crippen LogP contribution in [0, 0.1) is 6.92 Å². The van der Waals surface area contributed by atoms with Crippen molar-refractivity contribution >= 4 is 29.0 Å². The Kier molecular flexibility index (Phi) is 3.22. The van der Waals surface area contributed by atoms with Gasteiger partial charge in [-0.1, -0.05) is 29.3 Å². The Morgan fingerprint density at radius 2 is 2.06 bits per heavy atom. The van der Waals surface area contributed by atoms with Gasteiger partial charge in [0.2, 0.25) is 0 Å². The van der Waals surface area contributed by atoms with Gasteiger partial charge in [-0.3, -0.25) is 4.79 Å². The summed E-state index contributed by atoms with van der Waals surface area (Å²) in [6.07, 6.45) is 1.54. The van der Waals surface area contributed by atoms with E-state index in [0.29, 0.717) is 21.3 Å². The molecule has 5 heteroatoms. The van der Waals surface area contributed by atoms with Gasteiger partial charge in [0.1, 0.15) is 0 Å². The summed E-state index contributed by atoms with van der Waals surface area (Å²) in [5, 5.41) is 5.05. The van der Waals surface area contributed by atoms with Crippen LogP contribution in [0.4, 0.5) is 0 Å². The summed E-state index contributed by atoms with van der Waals surface area (Å²) in [7, 11) is 0. The van der Waals surface area contributed by atoms with E-state index in [0.717, 1.165) is 5.69 Å². The normalized spacial score (nSPS) is 10.6. The van der Waals surface area contributed by atoms with E-state index in [1.165, 1.54) is 13.1 Å². The summed E-state index contributed by atoms with van der Waals surface area (Å²) in [5.74, 6) is -0.0214. The van der Waals surface area contributed by atoms with Gasteiger partial charge in [-0.2, -0.15) is 5.10 Å². The number of halogens is 2. The molecule has 0 spiro atoms. The molecule has 1 heterocycles. The van der Waals surface area contributed by atoms with Crippen molar-refractivity contribution in [2.75, 3.05) is 0 Å². The van der Waals surface area contributed by atoms with Gasteiger partial charge >= 0.3 is 0 Å².